The Hall–Kier alpha value is -4.58. The van der Waals surface area contributed by atoms with Crippen LogP contribution < -0.4 is 14.2 Å². The molecule has 0 bridgehead atoms. The minimum atomic E-state index is -0.162. The van der Waals surface area contributed by atoms with Crippen molar-refractivity contribution in [1.82, 2.24) is 4.98 Å². The highest BCUT2D eigenvalue weighted by atomic mass is 16.5. The normalized spacial score (nSPS) is 11.0. The number of Topliss-reactive ketones (excluding diaryl/α,β-unsaturated/α-hetero) is 1. The Morgan fingerprint density at radius 3 is 2.17 bits per heavy atom. The number of carbonyl (C=O) groups is 2. The number of para-hydroxylation sites is 1. The van der Waals surface area contributed by atoms with Crippen molar-refractivity contribution in [2.75, 3.05) is 21.3 Å². The van der Waals surface area contributed by atoms with Gasteiger partial charge < -0.3 is 19.2 Å². The summed E-state index contributed by atoms with van der Waals surface area (Å²) in [5.74, 6) is 1.40. The van der Waals surface area contributed by atoms with Crippen LogP contribution in [0.25, 0.3) is 21.8 Å². The van der Waals surface area contributed by atoms with Gasteiger partial charge in [-0.2, -0.15) is 0 Å². The van der Waals surface area contributed by atoms with E-state index < -0.39 is 0 Å². The van der Waals surface area contributed by atoms with E-state index in [4.69, 9.17) is 14.2 Å². The van der Waals surface area contributed by atoms with Crippen LogP contribution in [0.2, 0.25) is 0 Å². The van der Waals surface area contributed by atoms with E-state index in [1.54, 1.807) is 56.7 Å². The molecular weight excluding hydrogens is 454 g/mol. The number of H-pyrrole nitrogens is 1. The molecule has 6 nitrogen and oxygen atoms in total. The number of hydrogen-bond donors (Lipinski definition) is 1. The van der Waals surface area contributed by atoms with Crippen molar-refractivity contribution in [2.24, 2.45) is 0 Å². The summed E-state index contributed by atoms with van der Waals surface area (Å²) in [6, 6.07) is 23.8. The molecule has 0 amide bonds. The second-order valence-corrected chi connectivity index (χ2v) is 8.42. The Morgan fingerprint density at radius 2 is 1.44 bits per heavy atom. The first-order chi connectivity index (χ1) is 17.5. The third-order valence-electron chi connectivity index (χ3n) is 6.40. The fourth-order valence-electron chi connectivity index (χ4n) is 4.54. The highest BCUT2D eigenvalue weighted by Crippen LogP contribution is 2.33. The van der Waals surface area contributed by atoms with Crippen molar-refractivity contribution in [3.63, 3.8) is 0 Å². The molecule has 0 spiro atoms. The van der Waals surface area contributed by atoms with Gasteiger partial charge in [0.05, 0.1) is 32.4 Å². The lowest BCUT2D eigenvalue weighted by molar-refractivity contribution is 0.0992. The number of hydrogen-bond acceptors (Lipinski definition) is 5. The van der Waals surface area contributed by atoms with Crippen LogP contribution in [0.1, 0.15) is 31.8 Å². The monoisotopic (exact) mass is 479 g/mol. The van der Waals surface area contributed by atoms with Gasteiger partial charge in [-0.25, -0.2) is 0 Å². The zero-order valence-corrected chi connectivity index (χ0v) is 20.3. The number of methoxy groups -OCH3 is 3. The molecule has 4 aromatic carbocycles. The fraction of sp³-hybridized carbons (Fsp3) is 0.133. The van der Waals surface area contributed by atoms with Gasteiger partial charge in [-0.1, -0.05) is 30.3 Å². The third kappa shape index (κ3) is 4.07. The minimum Gasteiger partial charge on any atom is -0.497 e. The molecule has 0 saturated carbocycles. The number of ether oxygens (including phenoxy) is 3. The standard InChI is InChI=1S/C30H25NO5/c1-34-21-12-8-18(9-13-21)30(33)28-20(10-14-23-22-6-4-5-7-24(22)31-29(23)28)16-25(32)19-11-15-26(35-2)27(17-19)36-3/h4-15,17,31H,16H2,1-3H3. The molecule has 0 saturated heterocycles. The molecule has 180 valence electrons. The van der Waals surface area contributed by atoms with Crippen molar-refractivity contribution in [3.05, 3.63) is 101 Å². The summed E-state index contributed by atoms with van der Waals surface area (Å²) in [6.07, 6.45) is 0.0536. The van der Waals surface area contributed by atoms with E-state index in [0.29, 0.717) is 39.5 Å². The number of benzene rings is 4. The molecule has 0 unspecified atom stereocenters. The molecule has 5 aromatic rings. The number of aromatic amines is 1. The zero-order chi connectivity index (χ0) is 25.2. The third-order valence-corrected chi connectivity index (χ3v) is 6.40. The van der Waals surface area contributed by atoms with Crippen LogP contribution in [0.15, 0.2) is 78.9 Å². The zero-order valence-electron chi connectivity index (χ0n) is 20.3. The number of carbonyl (C=O) groups excluding carboxylic acids is 2. The molecular formula is C30H25NO5. The second kappa shape index (κ2) is 9.58. The Balaban J connectivity index is 1.63. The Labute approximate surface area is 208 Å². The van der Waals surface area contributed by atoms with Crippen molar-refractivity contribution in [3.8, 4) is 17.2 Å². The molecule has 36 heavy (non-hydrogen) atoms. The molecule has 5 rings (SSSR count). The van der Waals surface area contributed by atoms with Crippen LogP contribution in [0.5, 0.6) is 17.2 Å². The molecule has 6 heteroatoms. The van der Waals surface area contributed by atoms with Gasteiger partial charge in [-0.15, -0.1) is 0 Å². The van der Waals surface area contributed by atoms with E-state index in [0.717, 1.165) is 21.8 Å². The highest BCUT2D eigenvalue weighted by molar-refractivity contribution is 6.21. The molecule has 0 fully saturated rings. The maximum Gasteiger partial charge on any atom is 0.195 e. The van der Waals surface area contributed by atoms with Crippen LogP contribution in [-0.4, -0.2) is 37.9 Å². The quantitative estimate of drug-likeness (QED) is 0.276. The summed E-state index contributed by atoms with van der Waals surface area (Å²) in [7, 11) is 4.66. The average Bonchev–Trinajstić information content (AvgIpc) is 3.30. The first kappa shape index (κ1) is 23.2. The number of rotatable bonds is 8. The van der Waals surface area contributed by atoms with Gasteiger partial charge in [0.2, 0.25) is 0 Å². The molecule has 0 aliphatic carbocycles. The van der Waals surface area contributed by atoms with E-state index in [2.05, 4.69) is 4.98 Å². The van der Waals surface area contributed by atoms with Gasteiger partial charge in [0.1, 0.15) is 5.75 Å². The van der Waals surface area contributed by atoms with E-state index >= 15 is 0 Å². The maximum atomic E-state index is 13.9. The Kier molecular flexibility index (Phi) is 6.17. The van der Waals surface area contributed by atoms with Crippen LogP contribution in [0.4, 0.5) is 0 Å². The first-order valence-electron chi connectivity index (χ1n) is 11.5. The SMILES string of the molecule is COc1ccc(C(=O)c2c(CC(=O)c3ccc(OC)c(OC)c3)ccc3c2[nH]c2ccccc23)cc1. The summed E-state index contributed by atoms with van der Waals surface area (Å²) in [4.78, 5) is 30.6. The number of aromatic nitrogens is 1. The summed E-state index contributed by atoms with van der Waals surface area (Å²) in [6.45, 7) is 0. The molecule has 1 heterocycles. The summed E-state index contributed by atoms with van der Waals surface area (Å²) in [5.41, 5.74) is 3.78. The van der Waals surface area contributed by atoms with Crippen LogP contribution in [0, 0.1) is 0 Å². The van der Waals surface area contributed by atoms with Gasteiger partial charge in [0.25, 0.3) is 0 Å². The lowest BCUT2D eigenvalue weighted by atomic mass is 9.91. The van der Waals surface area contributed by atoms with Gasteiger partial charge >= 0.3 is 0 Å². The minimum absolute atomic E-state index is 0.0536. The van der Waals surface area contributed by atoms with E-state index in [9.17, 15) is 9.59 Å². The number of fused-ring (bicyclic) bond motifs is 3. The van der Waals surface area contributed by atoms with E-state index in [1.807, 2.05) is 36.4 Å². The van der Waals surface area contributed by atoms with Crippen molar-refractivity contribution < 1.29 is 23.8 Å². The topological polar surface area (TPSA) is 77.6 Å². The predicted octanol–water partition coefficient (Wildman–Crippen LogP) is 6.00. The molecule has 0 radical (unpaired) electrons. The molecule has 0 aliphatic heterocycles. The Bertz CT molecular complexity index is 1600. The van der Waals surface area contributed by atoms with Crippen molar-refractivity contribution in [1.29, 1.82) is 0 Å². The van der Waals surface area contributed by atoms with Crippen LogP contribution in [-0.2, 0) is 6.42 Å². The summed E-state index contributed by atoms with van der Waals surface area (Å²) in [5, 5.41) is 1.96. The molecule has 0 atom stereocenters. The fourth-order valence-corrected chi connectivity index (χ4v) is 4.54. The van der Waals surface area contributed by atoms with Gasteiger partial charge in [0, 0.05) is 33.8 Å². The number of nitrogens with one attached hydrogen (secondary N) is 1. The second-order valence-electron chi connectivity index (χ2n) is 8.42. The van der Waals surface area contributed by atoms with Gasteiger partial charge in [-0.3, -0.25) is 9.59 Å². The van der Waals surface area contributed by atoms with Gasteiger partial charge in [0.15, 0.2) is 23.1 Å². The van der Waals surface area contributed by atoms with Crippen LogP contribution >= 0.6 is 0 Å². The van der Waals surface area contributed by atoms with E-state index in [1.165, 1.54) is 7.11 Å². The predicted molar refractivity (Wildman–Crippen MR) is 140 cm³/mol. The van der Waals surface area contributed by atoms with Crippen molar-refractivity contribution >= 4 is 33.4 Å². The largest absolute Gasteiger partial charge is 0.497 e. The first-order valence-corrected chi connectivity index (χ1v) is 11.5. The molecule has 0 aliphatic rings. The molecule has 1 N–H and O–H groups in total. The smallest absolute Gasteiger partial charge is 0.195 e. The maximum absolute atomic E-state index is 13.9. The highest BCUT2D eigenvalue weighted by Gasteiger charge is 2.22. The van der Waals surface area contributed by atoms with Crippen LogP contribution in [0.3, 0.4) is 0 Å². The molecule has 1 aromatic heterocycles. The number of ketones is 2. The average molecular weight is 480 g/mol. The lowest BCUT2D eigenvalue weighted by Crippen LogP contribution is -2.11. The van der Waals surface area contributed by atoms with Crippen molar-refractivity contribution in [2.45, 2.75) is 6.42 Å². The Morgan fingerprint density at radius 1 is 0.722 bits per heavy atom. The summed E-state index contributed by atoms with van der Waals surface area (Å²) < 4.78 is 15.9. The lowest BCUT2D eigenvalue weighted by Gasteiger charge is -2.12. The summed E-state index contributed by atoms with van der Waals surface area (Å²) >= 11 is 0. The van der Waals surface area contributed by atoms with E-state index in [-0.39, 0.29) is 18.0 Å². The van der Waals surface area contributed by atoms with Gasteiger partial charge in [-0.05, 0) is 54.1 Å².